The minimum absolute atomic E-state index is 0.0769. The van der Waals surface area contributed by atoms with Crippen molar-refractivity contribution in [1.29, 1.82) is 5.41 Å². The molecule has 0 aliphatic rings. The van der Waals surface area contributed by atoms with Gasteiger partial charge in [-0.3, -0.25) is 15.4 Å². The van der Waals surface area contributed by atoms with E-state index in [0.717, 1.165) is 12.8 Å². The highest BCUT2D eigenvalue weighted by Gasteiger charge is 2.26. The fraction of sp³-hybridized carbons (Fsp3) is 0.636. The molecule has 0 radical (unpaired) electrons. The number of halogens is 3. The molecule has 124 valence electrons. The molecule has 0 amide bonds. The number of aryl methyl sites for hydroxylation is 1. The van der Waals surface area contributed by atoms with Crippen LogP contribution in [0.2, 0.25) is 0 Å². The van der Waals surface area contributed by atoms with Gasteiger partial charge in [0.1, 0.15) is 12.9 Å². The zero-order valence-corrected chi connectivity index (χ0v) is 12.0. The number of nitrogens with one attached hydrogen (secondary N) is 2. The zero-order valence-electron chi connectivity index (χ0n) is 12.0. The normalized spacial score (nSPS) is 12.3. The lowest BCUT2D eigenvalue weighted by molar-refractivity contribution is -0.118. The van der Waals surface area contributed by atoms with Crippen molar-refractivity contribution in [3.63, 3.8) is 0 Å². The van der Waals surface area contributed by atoms with E-state index in [4.69, 9.17) is 15.9 Å². The molecular weight excluding hydrogens is 303 g/mol. The summed E-state index contributed by atoms with van der Waals surface area (Å²) in [5, 5.41) is 13.7. The molecule has 0 aromatic carbocycles. The number of unbranched alkanes of at least 4 members (excludes halogenated alkanes) is 1. The minimum Gasteiger partial charge on any atom is -0.484 e. The maximum absolute atomic E-state index is 12.0. The number of hydrogen-bond acceptors (Lipinski definition) is 5. The number of anilines is 1. The first-order valence-corrected chi connectivity index (χ1v) is 6.44. The summed E-state index contributed by atoms with van der Waals surface area (Å²) in [5.74, 6) is -0.105. The van der Waals surface area contributed by atoms with Crippen molar-refractivity contribution in [2.75, 3.05) is 19.0 Å². The summed E-state index contributed by atoms with van der Waals surface area (Å²) in [5.41, 5.74) is 5.30. The van der Waals surface area contributed by atoms with Gasteiger partial charge in [-0.1, -0.05) is 0 Å². The number of hydrogen-bond donors (Lipinski definition) is 3. The molecule has 8 nitrogen and oxygen atoms in total. The number of aromatic nitrogens is 3. The highest BCUT2D eigenvalue weighted by Crippen LogP contribution is 2.14. The van der Waals surface area contributed by atoms with Crippen molar-refractivity contribution in [2.45, 2.75) is 32.0 Å². The van der Waals surface area contributed by atoms with Crippen LogP contribution in [0.25, 0.3) is 0 Å². The molecular formula is C11H18F3N7O. The van der Waals surface area contributed by atoms with Crippen LogP contribution in [0.4, 0.5) is 19.1 Å². The predicted octanol–water partition coefficient (Wildman–Crippen LogP) is 1.36. The lowest BCUT2D eigenvalue weighted by Crippen LogP contribution is -2.26. The standard InChI is InChI=1S/C11H18F3N7O/c1-22-8(15)4-2-3-5-21-7-18-10(20-21)19-9(16)17-6-11(12,13)14/h7,15H,2-6H2,1H3,(H3,16,17,19,20). The second-order valence-electron chi connectivity index (χ2n) is 4.36. The van der Waals surface area contributed by atoms with Crippen LogP contribution in [0.15, 0.2) is 11.3 Å². The third-order valence-corrected chi connectivity index (χ3v) is 2.49. The van der Waals surface area contributed by atoms with Crippen LogP contribution in [0.5, 0.6) is 0 Å². The minimum atomic E-state index is -4.41. The van der Waals surface area contributed by atoms with Gasteiger partial charge in [-0.2, -0.15) is 13.2 Å². The van der Waals surface area contributed by atoms with Gasteiger partial charge in [0.15, 0.2) is 11.9 Å². The summed E-state index contributed by atoms with van der Waals surface area (Å²) in [6.07, 6.45) is -0.931. The fourth-order valence-electron chi connectivity index (χ4n) is 1.45. The number of aliphatic imine (C=N–C) groups is 1. The summed E-state index contributed by atoms with van der Waals surface area (Å²) >= 11 is 0. The summed E-state index contributed by atoms with van der Waals surface area (Å²) in [7, 11) is 1.45. The molecule has 4 N–H and O–H groups in total. The number of rotatable bonds is 7. The van der Waals surface area contributed by atoms with Crippen molar-refractivity contribution in [1.82, 2.24) is 14.8 Å². The Hall–Kier alpha value is -2.33. The van der Waals surface area contributed by atoms with Crippen molar-refractivity contribution in [3.8, 4) is 0 Å². The van der Waals surface area contributed by atoms with Gasteiger partial charge in [-0.25, -0.2) is 9.98 Å². The molecule has 1 aromatic heterocycles. The fourth-order valence-corrected chi connectivity index (χ4v) is 1.45. The Labute approximate surface area is 125 Å². The summed E-state index contributed by atoms with van der Waals surface area (Å²) < 4.78 is 42.1. The summed E-state index contributed by atoms with van der Waals surface area (Å²) in [6, 6.07) is 0. The molecule has 0 aliphatic heterocycles. The van der Waals surface area contributed by atoms with Crippen LogP contribution in [0, 0.1) is 5.41 Å². The van der Waals surface area contributed by atoms with Gasteiger partial charge in [0.25, 0.3) is 0 Å². The average Bonchev–Trinajstić information content (AvgIpc) is 2.88. The van der Waals surface area contributed by atoms with E-state index in [9.17, 15) is 13.2 Å². The topological polar surface area (TPSA) is 114 Å². The Morgan fingerprint density at radius 2 is 2.23 bits per heavy atom. The van der Waals surface area contributed by atoms with Gasteiger partial charge in [-0.15, -0.1) is 5.10 Å². The van der Waals surface area contributed by atoms with Gasteiger partial charge < -0.3 is 10.5 Å². The Balaban J connectivity index is 2.36. The third-order valence-electron chi connectivity index (χ3n) is 2.49. The Morgan fingerprint density at radius 3 is 2.86 bits per heavy atom. The van der Waals surface area contributed by atoms with Gasteiger partial charge in [0.05, 0.1) is 7.11 Å². The molecule has 1 heterocycles. The van der Waals surface area contributed by atoms with E-state index in [2.05, 4.69) is 20.4 Å². The Bertz CT molecular complexity index is 512. The van der Waals surface area contributed by atoms with Crippen LogP contribution in [-0.4, -0.2) is 46.5 Å². The number of nitrogens with two attached hydrogens (primary N) is 1. The zero-order chi connectivity index (χ0) is 16.6. The summed E-state index contributed by atoms with van der Waals surface area (Å²) in [4.78, 5) is 7.00. The van der Waals surface area contributed by atoms with E-state index in [1.165, 1.54) is 18.1 Å². The second-order valence-corrected chi connectivity index (χ2v) is 4.36. The predicted molar refractivity (Wildman–Crippen MR) is 74.8 cm³/mol. The first-order valence-electron chi connectivity index (χ1n) is 6.44. The van der Waals surface area contributed by atoms with E-state index in [1.54, 1.807) is 0 Å². The van der Waals surface area contributed by atoms with E-state index in [0.29, 0.717) is 13.0 Å². The molecule has 0 unspecified atom stereocenters. The van der Waals surface area contributed by atoms with Crippen LogP contribution >= 0.6 is 0 Å². The molecule has 0 bridgehead atoms. The SMILES string of the molecule is COC(=N)CCCCn1cnc(N/C(N)=N\CC(F)(F)F)n1. The molecule has 0 fully saturated rings. The van der Waals surface area contributed by atoms with Gasteiger partial charge in [-0.05, 0) is 12.8 Å². The Morgan fingerprint density at radius 1 is 1.50 bits per heavy atom. The molecule has 0 saturated carbocycles. The summed E-state index contributed by atoms with van der Waals surface area (Å²) in [6.45, 7) is -0.802. The first kappa shape index (κ1) is 17.7. The van der Waals surface area contributed by atoms with E-state index in [1.807, 2.05) is 0 Å². The van der Waals surface area contributed by atoms with E-state index in [-0.39, 0.29) is 11.8 Å². The average molecular weight is 321 g/mol. The molecule has 0 saturated heterocycles. The monoisotopic (exact) mass is 321 g/mol. The second kappa shape index (κ2) is 8.20. The molecule has 1 rings (SSSR count). The number of ether oxygens (including phenoxy) is 1. The molecule has 0 aliphatic carbocycles. The third kappa shape index (κ3) is 7.45. The maximum Gasteiger partial charge on any atom is 0.408 e. The molecule has 11 heteroatoms. The van der Waals surface area contributed by atoms with Crippen LogP contribution in [-0.2, 0) is 11.3 Å². The molecule has 1 aromatic rings. The van der Waals surface area contributed by atoms with E-state index < -0.39 is 18.7 Å². The number of alkyl halides is 3. The lowest BCUT2D eigenvalue weighted by Gasteiger charge is -2.04. The van der Waals surface area contributed by atoms with Crippen molar-refractivity contribution >= 4 is 17.8 Å². The maximum atomic E-state index is 12.0. The Kier molecular flexibility index (Phi) is 6.60. The van der Waals surface area contributed by atoms with Crippen LogP contribution in [0.3, 0.4) is 0 Å². The van der Waals surface area contributed by atoms with E-state index >= 15 is 0 Å². The highest BCUT2D eigenvalue weighted by molar-refractivity contribution is 5.90. The number of methoxy groups -OCH3 is 1. The smallest absolute Gasteiger partial charge is 0.408 e. The van der Waals surface area contributed by atoms with Gasteiger partial charge >= 0.3 is 6.18 Å². The largest absolute Gasteiger partial charge is 0.484 e. The van der Waals surface area contributed by atoms with Gasteiger partial charge in [0.2, 0.25) is 5.95 Å². The molecule has 22 heavy (non-hydrogen) atoms. The molecule has 0 spiro atoms. The number of nitrogens with zero attached hydrogens (tertiary/aromatic N) is 4. The molecule has 0 atom stereocenters. The first-order chi connectivity index (χ1) is 10.3. The van der Waals surface area contributed by atoms with Crippen molar-refractivity contribution in [3.05, 3.63) is 6.33 Å². The van der Waals surface area contributed by atoms with Crippen molar-refractivity contribution in [2.24, 2.45) is 10.7 Å². The number of guanidine groups is 1. The van der Waals surface area contributed by atoms with Gasteiger partial charge in [0, 0.05) is 13.0 Å². The van der Waals surface area contributed by atoms with Crippen LogP contribution < -0.4 is 11.1 Å². The highest BCUT2D eigenvalue weighted by atomic mass is 19.4. The van der Waals surface area contributed by atoms with Crippen molar-refractivity contribution < 1.29 is 17.9 Å². The quantitative estimate of drug-likeness (QED) is 0.398. The lowest BCUT2D eigenvalue weighted by atomic mass is 10.2. The van der Waals surface area contributed by atoms with Crippen LogP contribution in [0.1, 0.15) is 19.3 Å².